The number of thiazole rings is 1. The summed E-state index contributed by atoms with van der Waals surface area (Å²) in [4.78, 5) is 89.4. The first-order chi connectivity index (χ1) is 29.5. The van der Waals surface area contributed by atoms with Crippen LogP contribution in [0.3, 0.4) is 0 Å². The highest BCUT2D eigenvalue weighted by Crippen LogP contribution is 2.37. The van der Waals surface area contributed by atoms with E-state index in [1.54, 1.807) is 18.3 Å². The lowest BCUT2D eigenvalue weighted by molar-refractivity contribution is -0.136. The smallest absolute Gasteiger partial charge is 0.267 e. The number of aryl methyl sites for hydroxylation is 2. The highest BCUT2D eigenvalue weighted by Gasteiger charge is 2.46. The van der Waals surface area contributed by atoms with Gasteiger partial charge in [-0.15, -0.1) is 0 Å². The van der Waals surface area contributed by atoms with Crippen molar-refractivity contribution in [2.75, 3.05) is 79.3 Å². The maximum atomic E-state index is 13.7. The van der Waals surface area contributed by atoms with Crippen LogP contribution in [0.4, 0.5) is 28.1 Å². The number of carbonyl (C=O) groups is 5. The van der Waals surface area contributed by atoms with Crippen LogP contribution in [0.5, 0.6) is 0 Å². The largest absolute Gasteiger partial charge is 0.371 e. The lowest BCUT2D eigenvalue weighted by Crippen LogP contribution is -2.54. The summed E-state index contributed by atoms with van der Waals surface area (Å²) in [6.45, 7) is 12.2. The minimum absolute atomic E-state index is 0.0936. The maximum Gasteiger partial charge on any atom is 0.267 e. The molecule has 5 aliphatic rings. The third-order valence-corrected chi connectivity index (χ3v) is 13.8. The van der Waals surface area contributed by atoms with E-state index in [0.29, 0.717) is 55.4 Å². The Labute approximate surface area is 362 Å². The first kappa shape index (κ1) is 40.9. The molecule has 4 saturated heterocycles. The molecule has 318 valence electrons. The summed E-state index contributed by atoms with van der Waals surface area (Å²) < 4.78 is 0. The molecule has 0 bridgehead atoms. The Morgan fingerprint density at radius 2 is 1.67 bits per heavy atom. The van der Waals surface area contributed by atoms with Crippen molar-refractivity contribution in [1.29, 1.82) is 0 Å². The predicted molar refractivity (Wildman–Crippen MR) is 233 cm³/mol. The molecular formula is C43H48ClN11O5S. The fourth-order valence-electron chi connectivity index (χ4n) is 9.39. The summed E-state index contributed by atoms with van der Waals surface area (Å²) in [7, 11) is 0. The molecule has 0 spiro atoms. The van der Waals surface area contributed by atoms with Gasteiger partial charge in [0.15, 0.2) is 5.13 Å². The molecule has 0 saturated carbocycles. The van der Waals surface area contributed by atoms with Gasteiger partial charge >= 0.3 is 0 Å². The quantitative estimate of drug-likeness (QED) is 0.187. The summed E-state index contributed by atoms with van der Waals surface area (Å²) >= 11 is 7.56. The molecule has 61 heavy (non-hydrogen) atoms. The number of aromatic nitrogens is 3. The first-order valence-electron chi connectivity index (χ1n) is 20.9. The number of carbonyl (C=O) groups excluding carboxylic acids is 5. The van der Waals surface area contributed by atoms with Crippen molar-refractivity contribution in [2.24, 2.45) is 5.92 Å². The Morgan fingerprint density at radius 1 is 0.902 bits per heavy atom. The zero-order valence-electron chi connectivity index (χ0n) is 34.2. The van der Waals surface area contributed by atoms with Gasteiger partial charge in [-0.1, -0.05) is 41.1 Å². The van der Waals surface area contributed by atoms with Gasteiger partial charge in [-0.2, -0.15) is 0 Å². The third kappa shape index (κ3) is 8.43. The SMILES string of the molecule is Cc1nc(Nc2ncc(C(=O)Nc3c(C)cccc3Cl)s2)cc(N2CCC(N3CCN(CC4CCN(c5cccc6c5C(=O)N(C5CCC(=O)NC5=O)C6=O)C4)CC3)CC2)n1. The average Bonchev–Trinajstić information content (AvgIpc) is 3.98. The fourth-order valence-corrected chi connectivity index (χ4v) is 10.4. The van der Waals surface area contributed by atoms with E-state index in [1.165, 1.54) is 11.3 Å². The number of imide groups is 2. The zero-order chi connectivity index (χ0) is 42.4. The van der Waals surface area contributed by atoms with Gasteiger partial charge in [0, 0.05) is 77.4 Å². The number of benzene rings is 2. The number of piperazine rings is 1. The van der Waals surface area contributed by atoms with Crippen LogP contribution in [-0.2, 0) is 9.59 Å². The van der Waals surface area contributed by atoms with Crippen LogP contribution in [-0.4, -0.2) is 130 Å². The molecule has 2 atom stereocenters. The number of piperidine rings is 2. The Balaban J connectivity index is 0.741. The number of nitrogens with one attached hydrogen (secondary N) is 3. The Morgan fingerprint density at radius 3 is 2.44 bits per heavy atom. The van der Waals surface area contributed by atoms with E-state index in [0.717, 1.165) is 100 Å². The molecule has 4 aromatic rings. The van der Waals surface area contributed by atoms with Crippen molar-refractivity contribution in [2.45, 2.75) is 58.0 Å². The molecule has 5 amide bonds. The fraction of sp³-hybridized carbons (Fsp3) is 0.442. The van der Waals surface area contributed by atoms with Gasteiger partial charge in [0.05, 0.1) is 33.7 Å². The van der Waals surface area contributed by atoms with E-state index in [2.05, 4.69) is 45.5 Å². The number of hydrogen-bond donors (Lipinski definition) is 3. The molecule has 7 heterocycles. The maximum absolute atomic E-state index is 13.7. The molecule has 2 unspecified atom stereocenters. The first-order valence-corrected chi connectivity index (χ1v) is 22.1. The number of para-hydroxylation sites is 1. The van der Waals surface area contributed by atoms with Crippen molar-refractivity contribution in [1.82, 2.24) is 35.0 Å². The van der Waals surface area contributed by atoms with Gasteiger partial charge in [0.25, 0.3) is 17.7 Å². The lowest BCUT2D eigenvalue weighted by Gasteiger charge is -2.43. The highest BCUT2D eigenvalue weighted by molar-refractivity contribution is 7.17. The summed E-state index contributed by atoms with van der Waals surface area (Å²) in [5.41, 5.74) is 2.90. The van der Waals surface area contributed by atoms with Crippen molar-refractivity contribution < 1.29 is 24.0 Å². The van der Waals surface area contributed by atoms with E-state index in [9.17, 15) is 24.0 Å². The number of hydrogen-bond acceptors (Lipinski definition) is 14. The van der Waals surface area contributed by atoms with Gasteiger partial charge in [-0.3, -0.25) is 39.1 Å². The van der Waals surface area contributed by atoms with Crippen molar-refractivity contribution in [3.05, 3.63) is 81.1 Å². The standard InChI is InChI=1S/C43H48ClN11O5S/c1-25-5-3-7-30(44)38(25)50-40(58)33-22-45-43(61-33)48-34-21-35(47-26(2)46-34)53-15-12-28(13-16-53)52-19-17-51(18-20-52)23-27-11-14-54(24-27)31-8-4-6-29-37(31)42(60)55(41(29)59)32-9-10-36(56)49-39(32)57/h3-8,21-22,27-28,32H,9-20,23-24H2,1-2H3,(H,50,58)(H,49,56,57)(H,45,46,47,48). The molecule has 16 nitrogen and oxygen atoms in total. The average molecular weight is 866 g/mol. The minimum Gasteiger partial charge on any atom is -0.371 e. The second-order valence-corrected chi connectivity index (χ2v) is 17.9. The van der Waals surface area contributed by atoms with Crippen LogP contribution < -0.4 is 25.8 Å². The van der Waals surface area contributed by atoms with Gasteiger partial charge < -0.3 is 25.3 Å². The number of amides is 5. The van der Waals surface area contributed by atoms with Crippen LogP contribution in [0, 0.1) is 19.8 Å². The van der Waals surface area contributed by atoms with Crippen molar-refractivity contribution >= 4 is 80.6 Å². The molecule has 0 radical (unpaired) electrons. The number of anilines is 5. The molecule has 0 aliphatic carbocycles. The van der Waals surface area contributed by atoms with Crippen LogP contribution in [0.1, 0.15) is 73.9 Å². The topological polar surface area (TPSA) is 176 Å². The van der Waals surface area contributed by atoms with E-state index in [-0.39, 0.29) is 24.7 Å². The molecule has 2 aromatic heterocycles. The Kier molecular flexibility index (Phi) is 11.5. The van der Waals surface area contributed by atoms with Gasteiger partial charge in [0.2, 0.25) is 11.8 Å². The van der Waals surface area contributed by atoms with E-state index in [4.69, 9.17) is 16.6 Å². The van der Waals surface area contributed by atoms with Gasteiger partial charge in [-0.05, 0) is 69.2 Å². The van der Waals surface area contributed by atoms with Crippen LogP contribution >= 0.6 is 22.9 Å². The minimum atomic E-state index is -0.977. The van der Waals surface area contributed by atoms with E-state index >= 15 is 0 Å². The van der Waals surface area contributed by atoms with Crippen molar-refractivity contribution in [3.8, 4) is 0 Å². The van der Waals surface area contributed by atoms with Crippen LogP contribution in [0.2, 0.25) is 5.02 Å². The molecule has 4 fully saturated rings. The van der Waals surface area contributed by atoms with Crippen molar-refractivity contribution in [3.63, 3.8) is 0 Å². The van der Waals surface area contributed by atoms with Gasteiger partial charge in [0.1, 0.15) is 28.4 Å². The van der Waals surface area contributed by atoms with Gasteiger partial charge in [-0.25, -0.2) is 15.0 Å². The Bertz CT molecular complexity index is 2370. The second-order valence-electron chi connectivity index (χ2n) is 16.5. The summed E-state index contributed by atoms with van der Waals surface area (Å²) in [6.07, 6.45) is 4.86. The third-order valence-electron chi connectivity index (χ3n) is 12.6. The molecule has 18 heteroatoms. The molecule has 9 rings (SSSR count). The van der Waals surface area contributed by atoms with Crippen LogP contribution in [0.15, 0.2) is 48.7 Å². The summed E-state index contributed by atoms with van der Waals surface area (Å²) in [6, 6.07) is 12.3. The molecular weight excluding hydrogens is 818 g/mol. The monoisotopic (exact) mass is 865 g/mol. The van der Waals surface area contributed by atoms with Crippen LogP contribution in [0.25, 0.3) is 0 Å². The van der Waals surface area contributed by atoms with E-state index in [1.807, 2.05) is 44.2 Å². The zero-order valence-corrected chi connectivity index (χ0v) is 35.7. The van der Waals surface area contributed by atoms with E-state index < -0.39 is 23.8 Å². The highest BCUT2D eigenvalue weighted by atomic mass is 35.5. The lowest BCUT2D eigenvalue weighted by atomic mass is 10.0. The predicted octanol–water partition coefficient (Wildman–Crippen LogP) is 4.71. The normalized spacial score (nSPS) is 21.6. The number of fused-ring (bicyclic) bond motifs is 1. The number of nitrogens with zero attached hydrogens (tertiary/aromatic N) is 8. The second kappa shape index (κ2) is 17.1. The summed E-state index contributed by atoms with van der Waals surface area (Å²) in [5.74, 6) is 0.388. The Hall–Kier alpha value is -5.49. The number of rotatable bonds is 10. The molecule has 5 aliphatic heterocycles. The molecule has 2 aromatic carbocycles. The number of halogens is 1. The summed E-state index contributed by atoms with van der Waals surface area (Å²) in [5, 5.41) is 9.49. The molecule has 3 N–H and O–H groups in total.